The molecule has 3 nitrogen and oxygen atoms in total. The molecular weight excluding hydrogens is 232 g/mol. The van der Waals surface area contributed by atoms with Crippen LogP contribution < -0.4 is 5.32 Å². The zero-order chi connectivity index (χ0) is 10.4. The van der Waals surface area contributed by atoms with Crippen molar-refractivity contribution in [1.29, 1.82) is 0 Å². The van der Waals surface area contributed by atoms with E-state index >= 15 is 0 Å². The van der Waals surface area contributed by atoms with Gasteiger partial charge in [0.15, 0.2) is 0 Å². The molecular formula is C10H7ClN2OS. The molecule has 3 rings (SSSR count). The summed E-state index contributed by atoms with van der Waals surface area (Å²) in [6, 6.07) is 5.61. The molecule has 0 aliphatic carbocycles. The minimum absolute atomic E-state index is 0.0464. The van der Waals surface area contributed by atoms with E-state index in [1.54, 1.807) is 11.8 Å². The van der Waals surface area contributed by atoms with E-state index in [9.17, 15) is 4.79 Å². The first kappa shape index (κ1) is 9.24. The zero-order valence-electron chi connectivity index (χ0n) is 7.66. The van der Waals surface area contributed by atoms with Crippen LogP contribution in [0.1, 0.15) is 6.42 Å². The lowest BCUT2D eigenvalue weighted by Crippen LogP contribution is -2.24. The fourth-order valence-electron chi connectivity index (χ4n) is 1.70. The normalized spacial score (nSPS) is 22.9. The van der Waals surface area contributed by atoms with Crippen molar-refractivity contribution < 1.29 is 4.79 Å². The van der Waals surface area contributed by atoms with Gasteiger partial charge in [0.2, 0.25) is 5.91 Å². The molecule has 2 heterocycles. The Labute approximate surface area is 95.9 Å². The lowest BCUT2D eigenvalue weighted by atomic mass is 10.3. The maximum atomic E-state index is 11.2. The Morgan fingerprint density at radius 1 is 1.53 bits per heavy atom. The summed E-state index contributed by atoms with van der Waals surface area (Å²) in [6.45, 7) is 0. The third kappa shape index (κ3) is 1.54. The van der Waals surface area contributed by atoms with Gasteiger partial charge in [-0.3, -0.25) is 4.79 Å². The van der Waals surface area contributed by atoms with E-state index in [2.05, 4.69) is 10.3 Å². The van der Waals surface area contributed by atoms with Gasteiger partial charge in [-0.1, -0.05) is 11.6 Å². The van der Waals surface area contributed by atoms with Crippen molar-refractivity contribution in [3.05, 3.63) is 23.2 Å². The van der Waals surface area contributed by atoms with E-state index in [-0.39, 0.29) is 11.2 Å². The third-order valence-electron chi connectivity index (χ3n) is 2.37. The number of amidine groups is 1. The highest BCUT2D eigenvalue weighted by atomic mass is 35.5. The first-order valence-corrected chi connectivity index (χ1v) is 5.83. The Hall–Kier alpha value is -1.00. The van der Waals surface area contributed by atoms with E-state index in [1.807, 2.05) is 18.2 Å². The maximum absolute atomic E-state index is 11.2. The summed E-state index contributed by atoms with van der Waals surface area (Å²) in [5, 5.41) is 3.59. The number of hydrogen-bond donors (Lipinski definition) is 1. The fourth-order valence-corrected chi connectivity index (χ4v) is 3.00. The van der Waals surface area contributed by atoms with Crippen LogP contribution >= 0.6 is 23.4 Å². The van der Waals surface area contributed by atoms with Crippen molar-refractivity contribution in [2.24, 2.45) is 4.99 Å². The van der Waals surface area contributed by atoms with Gasteiger partial charge in [-0.05, 0) is 18.2 Å². The van der Waals surface area contributed by atoms with Gasteiger partial charge in [0, 0.05) is 16.3 Å². The first-order chi connectivity index (χ1) is 7.22. The second kappa shape index (κ2) is 3.25. The monoisotopic (exact) mass is 238 g/mol. The van der Waals surface area contributed by atoms with Gasteiger partial charge in [0.25, 0.3) is 0 Å². The molecule has 1 aromatic rings. The molecule has 2 aliphatic rings. The van der Waals surface area contributed by atoms with Gasteiger partial charge in [0.05, 0.1) is 10.9 Å². The molecule has 2 aliphatic heterocycles. The van der Waals surface area contributed by atoms with Crippen molar-refractivity contribution in [2.45, 2.75) is 16.6 Å². The van der Waals surface area contributed by atoms with E-state index in [1.165, 1.54) is 0 Å². The van der Waals surface area contributed by atoms with Crippen molar-refractivity contribution in [1.82, 2.24) is 5.32 Å². The molecule has 0 aromatic heterocycles. The highest BCUT2D eigenvalue weighted by molar-refractivity contribution is 8.01. The van der Waals surface area contributed by atoms with Crippen molar-refractivity contribution in [3.63, 3.8) is 0 Å². The van der Waals surface area contributed by atoms with Crippen LogP contribution in [0.3, 0.4) is 0 Å². The van der Waals surface area contributed by atoms with Gasteiger partial charge < -0.3 is 5.32 Å². The highest BCUT2D eigenvalue weighted by Crippen LogP contribution is 2.41. The molecule has 15 heavy (non-hydrogen) atoms. The van der Waals surface area contributed by atoms with Crippen LogP contribution in [0.4, 0.5) is 5.69 Å². The minimum Gasteiger partial charge on any atom is -0.313 e. The van der Waals surface area contributed by atoms with Crippen molar-refractivity contribution in [2.75, 3.05) is 0 Å². The maximum Gasteiger partial charge on any atom is 0.226 e. The van der Waals surface area contributed by atoms with E-state index in [0.717, 1.165) is 16.4 Å². The van der Waals surface area contributed by atoms with E-state index in [4.69, 9.17) is 11.6 Å². The summed E-state index contributed by atoms with van der Waals surface area (Å²) >= 11 is 7.55. The Kier molecular flexibility index (Phi) is 2.00. The van der Waals surface area contributed by atoms with Crippen LogP contribution in [0.15, 0.2) is 28.1 Å². The molecule has 0 spiro atoms. The number of benzene rings is 1. The van der Waals surface area contributed by atoms with E-state index < -0.39 is 0 Å². The van der Waals surface area contributed by atoms with Crippen LogP contribution in [0.25, 0.3) is 0 Å². The Morgan fingerprint density at radius 3 is 3.27 bits per heavy atom. The summed E-state index contributed by atoms with van der Waals surface area (Å²) in [5.41, 5.74) is 0.848. The predicted molar refractivity (Wildman–Crippen MR) is 61.0 cm³/mol. The molecule has 1 fully saturated rings. The van der Waals surface area contributed by atoms with Crippen LogP contribution in [-0.4, -0.2) is 17.0 Å². The lowest BCUT2D eigenvalue weighted by molar-refractivity contribution is -0.118. The van der Waals surface area contributed by atoms with Crippen molar-refractivity contribution in [3.8, 4) is 0 Å². The molecule has 76 valence electrons. The summed E-state index contributed by atoms with van der Waals surface area (Å²) in [7, 11) is 0. The summed E-state index contributed by atoms with van der Waals surface area (Å²) in [4.78, 5) is 16.7. The molecule has 0 saturated carbocycles. The number of nitrogens with one attached hydrogen (secondary N) is 1. The minimum atomic E-state index is 0.0464. The van der Waals surface area contributed by atoms with Crippen molar-refractivity contribution >= 4 is 40.8 Å². The number of aliphatic imine (C=N–C) groups is 1. The van der Waals surface area contributed by atoms with Gasteiger partial charge in [-0.25, -0.2) is 4.99 Å². The molecule has 1 saturated heterocycles. The Bertz CT molecular complexity index is 486. The van der Waals surface area contributed by atoms with Crippen LogP contribution in [-0.2, 0) is 4.79 Å². The molecule has 1 N–H and O–H groups in total. The highest BCUT2D eigenvalue weighted by Gasteiger charge is 2.32. The number of carbonyl (C=O) groups excluding carboxylic acids is 1. The number of hydrogen-bond acceptors (Lipinski definition) is 3. The van der Waals surface area contributed by atoms with Crippen LogP contribution in [0, 0.1) is 0 Å². The standard InChI is InChI=1S/C10H7ClN2OS/c11-5-1-2-7-6(3-5)12-10-8(15-7)4-9(14)13-10/h1-3,8H,4H2,(H,12,13,14)/t8-/m0/s1. The number of rotatable bonds is 0. The summed E-state index contributed by atoms with van der Waals surface area (Å²) < 4.78 is 0. The number of amides is 1. The Morgan fingerprint density at radius 2 is 2.40 bits per heavy atom. The topological polar surface area (TPSA) is 41.5 Å². The first-order valence-electron chi connectivity index (χ1n) is 4.57. The second-order valence-electron chi connectivity index (χ2n) is 3.47. The smallest absolute Gasteiger partial charge is 0.226 e. The van der Waals surface area contributed by atoms with Gasteiger partial charge in [-0.15, -0.1) is 11.8 Å². The molecule has 1 atom stereocenters. The zero-order valence-corrected chi connectivity index (χ0v) is 9.23. The average Bonchev–Trinajstić information content (AvgIpc) is 2.53. The number of nitrogens with zero attached hydrogens (tertiary/aromatic N) is 1. The number of thioether (sulfide) groups is 1. The predicted octanol–water partition coefficient (Wildman–Crippen LogP) is 2.36. The number of halogens is 1. The van der Waals surface area contributed by atoms with Gasteiger partial charge in [0.1, 0.15) is 5.84 Å². The number of fused-ring (bicyclic) bond motifs is 2. The van der Waals surface area contributed by atoms with Crippen LogP contribution in [0.2, 0.25) is 5.02 Å². The van der Waals surface area contributed by atoms with Gasteiger partial charge >= 0.3 is 0 Å². The Balaban J connectivity index is 2.07. The third-order valence-corrected chi connectivity index (χ3v) is 3.88. The molecule has 0 radical (unpaired) electrons. The summed E-state index contributed by atoms with van der Waals surface area (Å²) in [6.07, 6.45) is 0.519. The summed E-state index contributed by atoms with van der Waals surface area (Å²) in [5.74, 6) is 0.810. The SMILES string of the molecule is O=C1C[C@@H]2Sc3ccc(Cl)cc3N=C2N1. The number of carbonyl (C=O) groups is 1. The fraction of sp³-hybridized carbons (Fsp3) is 0.200. The van der Waals surface area contributed by atoms with Crippen LogP contribution in [0.5, 0.6) is 0 Å². The second-order valence-corrected chi connectivity index (χ2v) is 5.15. The lowest BCUT2D eigenvalue weighted by Gasteiger charge is -2.17. The quantitative estimate of drug-likeness (QED) is 0.754. The average molecular weight is 239 g/mol. The molecule has 1 aromatic carbocycles. The van der Waals surface area contributed by atoms with Gasteiger partial charge in [-0.2, -0.15) is 0 Å². The molecule has 5 heteroatoms. The molecule has 0 unspecified atom stereocenters. The molecule has 1 amide bonds. The molecule has 0 bridgehead atoms. The van der Waals surface area contributed by atoms with E-state index in [0.29, 0.717) is 11.4 Å². The largest absolute Gasteiger partial charge is 0.313 e.